The average Bonchev–Trinajstić information content (AvgIpc) is 2.55. The Kier molecular flexibility index (Phi) is 15.0. The molecule has 1 amide bonds. The molecule has 0 unspecified atom stereocenters. The van der Waals surface area contributed by atoms with Crippen LogP contribution in [0.3, 0.4) is 0 Å². The van der Waals surface area contributed by atoms with E-state index in [0.717, 1.165) is 5.57 Å². The first-order valence-corrected chi connectivity index (χ1v) is 8.88. The molecule has 0 bridgehead atoms. The lowest BCUT2D eigenvalue weighted by atomic mass is 9.98. The molecule has 0 fully saturated rings. The van der Waals surface area contributed by atoms with Crippen LogP contribution in [0.25, 0.3) is 0 Å². The minimum atomic E-state index is -0.0735. The highest BCUT2D eigenvalue weighted by Crippen LogP contribution is 2.17. The first-order valence-electron chi connectivity index (χ1n) is 8.88. The third-order valence-corrected chi connectivity index (χ3v) is 2.60. The standard InChI is InChI=1S/C15H22N2O2.C3H8.C2H6/c1-10(2)8-13(11(3)4)15(18)17-12-6-7-14(19-5)16-9-12;1-3-2;1-2/h6-11H,1-5H3,(H,17,18);3H2,1-2H3;1-2H3/b13-8+;;. The van der Waals surface area contributed by atoms with Crippen LogP contribution in [-0.4, -0.2) is 18.0 Å². The van der Waals surface area contributed by atoms with Gasteiger partial charge in [-0.25, -0.2) is 4.98 Å². The molecule has 1 rings (SSSR count). The third kappa shape index (κ3) is 10.8. The summed E-state index contributed by atoms with van der Waals surface area (Å²) < 4.78 is 4.98. The Balaban J connectivity index is 0. The van der Waals surface area contributed by atoms with Gasteiger partial charge in [-0.1, -0.05) is 67.9 Å². The van der Waals surface area contributed by atoms with Crippen molar-refractivity contribution >= 4 is 11.6 Å². The van der Waals surface area contributed by atoms with Crippen molar-refractivity contribution in [3.05, 3.63) is 30.0 Å². The fourth-order valence-corrected chi connectivity index (χ4v) is 1.67. The number of nitrogens with one attached hydrogen (secondary N) is 1. The van der Waals surface area contributed by atoms with E-state index in [0.29, 0.717) is 17.5 Å². The molecule has 1 aromatic heterocycles. The van der Waals surface area contributed by atoms with Gasteiger partial charge in [0.1, 0.15) is 0 Å². The highest BCUT2D eigenvalue weighted by atomic mass is 16.5. The van der Waals surface area contributed by atoms with E-state index in [-0.39, 0.29) is 11.8 Å². The fourth-order valence-electron chi connectivity index (χ4n) is 1.67. The van der Waals surface area contributed by atoms with Gasteiger partial charge in [-0.3, -0.25) is 4.79 Å². The van der Waals surface area contributed by atoms with Gasteiger partial charge in [0.15, 0.2) is 0 Å². The maximum atomic E-state index is 12.2. The molecule has 24 heavy (non-hydrogen) atoms. The molecule has 0 atom stereocenters. The number of carbonyl (C=O) groups is 1. The van der Waals surface area contributed by atoms with Crippen molar-refractivity contribution in [1.82, 2.24) is 4.98 Å². The van der Waals surface area contributed by atoms with Crippen LogP contribution < -0.4 is 10.1 Å². The predicted molar refractivity (Wildman–Crippen MR) is 104 cm³/mol. The van der Waals surface area contributed by atoms with Crippen molar-refractivity contribution < 1.29 is 9.53 Å². The van der Waals surface area contributed by atoms with Crippen molar-refractivity contribution in [2.24, 2.45) is 11.8 Å². The molecule has 0 aliphatic carbocycles. The Morgan fingerprint density at radius 2 is 1.75 bits per heavy atom. The number of pyridine rings is 1. The largest absolute Gasteiger partial charge is 0.481 e. The van der Waals surface area contributed by atoms with Gasteiger partial charge in [0.25, 0.3) is 5.91 Å². The van der Waals surface area contributed by atoms with Gasteiger partial charge in [0.05, 0.1) is 19.0 Å². The summed E-state index contributed by atoms with van der Waals surface area (Å²) in [6.45, 7) is 16.4. The van der Waals surface area contributed by atoms with E-state index in [1.165, 1.54) is 6.42 Å². The minimum absolute atomic E-state index is 0.0735. The second kappa shape index (κ2) is 14.7. The zero-order valence-electron chi connectivity index (χ0n) is 16.9. The molecule has 0 spiro atoms. The average molecular weight is 337 g/mol. The van der Waals surface area contributed by atoms with Gasteiger partial charge >= 0.3 is 0 Å². The summed E-state index contributed by atoms with van der Waals surface area (Å²) in [6, 6.07) is 3.49. The van der Waals surface area contributed by atoms with Crippen LogP contribution >= 0.6 is 0 Å². The number of nitrogens with zero attached hydrogens (tertiary/aromatic N) is 1. The summed E-state index contributed by atoms with van der Waals surface area (Å²) >= 11 is 0. The second-order valence-corrected chi connectivity index (χ2v) is 5.77. The number of hydrogen-bond donors (Lipinski definition) is 1. The van der Waals surface area contributed by atoms with Crippen LogP contribution in [0.4, 0.5) is 5.69 Å². The van der Waals surface area contributed by atoms with E-state index in [1.807, 2.05) is 33.8 Å². The number of methoxy groups -OCH3 is 1. The van der Waals surface area contributed by atoms with Crippen LogP contribution in [0.15, 0.2) is 30.0 Å². The highest BCUT2D eigenvalue weighted by Gasteiger charge is 2.14. The van der Waals surface area contributed by atoms with E-state index in [4.69, 9.17) is 4.74 Å². The Bertz CT molecular complexity index is 463. The molecule has 0 aliphatic rings. The number of amides is 1. The molecule has 4 heteroatoms. The predicted octanol–water partition coefficient (Wildman–Crippen LogP) is 5.71. The van der Waals surface area contributed by atoms with Gasteiger partial charge in [-0.05, 0) is 17.9 Å². The lowest BCUT2D eigenvalue weighted by molar-refractivity contribution is -0.113. The van der Waals surface area contributed by atoms with Crippen LogP contribution in [0.1, 0.15) is 61.8 Å². The molecule has 1 heterocycles. The number of hydrogen-bond acceptors (Lipinski definition) is 3. The van der Waals surface area contributed by atoms with Crippen LogP contribution in [0.5, 0.6) is 5.88 Å². The Morgan fingerprint density at radius 1 is 1.21 bits per heavy atom. The number of carbonyl (C=O) groups excluding carboxylic acids is 1. The smallest absolute Gasteiger partial charge is 0.251 e. The molecular formula is C20H36N2O2. The molecule has 0 saturated carbocycles. The van der Waals surface area contributed by atoms with Crippen LogP contribution in [0.2, 0.25) is 0 Å². The maximum absolute atomic E-state index is 12.2. The van der Waals surface area contributed by atoms with Gasteiger partial charge < -0.3 is 10.1 Å². The first kappa shape index (κ1) is 24.4. The molecule has 1 aromatic rings. The Hall–Kier alpha value is -1.84. The zero-order valence-corrected chi connectivity index (χ0v) is 16.9. The molecule has 4 nitrogen and oxygen atoms in total. The van der Waals surface area contributed by atoms with Gasteiger partial charge in [-0.15, -0.1) is 0 Å². The molecule has 138 valence electrons. The van der Waals surface area contributed by atoms with Crippen molar-refractivity contribution in [3.63, 3.8) is 0 Å². The fraction of sp³-hybridized carbons (Fsp3) is 0.600. The monoisotopic (exact) mass is 336 g/mol. The molecule has 0 radical (unpaired) electrons. The normalized spacial score (nSPS) is 10.4. The van der Waals surface area contributed by atoms with Crippen LogP contribution in [-0.2, 0) is 4.79 Å². The van der Waals surface area contributed by atoms with Crippen LogP contribution in [0, 0.1) is 11.8 Å². The summed E-state index contributed by atoms with van der Waals surface area (Å²) in [7, 11) is 1.56. The summed E-state index contributed by atoms with van der Waals surface area (Å²) in [5, 5.41) is 2.85. The van der Waals surface area contributed by atoms with Crippen molar-refractivity contribution in [2.45, 2.75) is 61.8 Å². The second-order valence-electron chi connectivity index (χ2n) is 5.77. The first-order chi connectivity index (χ1) is 11.3. The summed E-state index contributed by atoms with van der Waals surface area (Å²) in [6.07, 6.45) is 4.83. The Morgan fingerprint density at radius 3 is 2.08 bits per heavy atom. The summed E-state index contributed by atoms with van der Waals surface area (Å²) in [5.74, 6) is 0.987. The molecule has 0 saturated heterocycles. The quantitative estimate of drug-likeness (QED) is 0.701. The number of aromatic nitrogens is 1. The molecular weight excluding hydrogens is 300 g/mol. The van der Waals surface area contributed by atoms with E-state index >= 15 is 0 Å². The number of allylic oxidation sites excluding steroid dienone is 1. The summed E-state index contributed by atoms with van der Waals surface area (Å²) in [4.78, 5) is 16.3. The van der Waals surface area contributed by atoms with Gasteiger partial charge in [-0.2, -0.15) is 0 Å². The third-order valence-electron chi connectivity index (χ3n) is 2.60. The molecule has 0 aliphatic heterocycles. The zero-order chi connectivity index (χ0) is 19.1. The highest BCUT2D eigenvalue weighted by molar-refractivity contribution is 6.03. The summed E-state index contributed by atoms with van der Waals surface area (Å²) in [5.41, 5.74) is 1.46. The lowest BCUT2D eigenvalue weighted by Gasteiger charge is -2.13. The van der Waals surface area contributed by atoms with E-state index < -0.39 is 0 Å². The molecule has 1 N–H and O–H groups in total. The van der Waals surface area contributed by atoms with Crippen molar-refractivity contribution in [3.8, 4) is 5.88 Å². The maximum Gasteiger partial charge on any atom is 0.251 e. The topological polar surface area (TPSA) is 51.2 Å². The number of ether oxygens (including phenoxy) is 1. The van der Waals surface area contributed by atoms with E-state index in [1.54, 1.807) is 25.4 Å². The van der Waals surface area contributed by atoms with Crippen molar-refractivity contribution in [2.75, 3.05) is 12.4 Å². The minimum Gasteiger partial charge on any atom is -0.481 e. The van der Waals surface area contributed by atoms with E-state index in [2.05, 4.69) is 38.0 Å². The number of anilines is 1. The van der Waals surface area contributed by atoms with Gasteiger partial charge in [0, 0.05) is 11.6 Å². The number of rotatable bonds is 5. The molecule has 0 aromatic carbocycles. The SMILES string of the molecule is CC.CCC.COc1ccc(NC(=O)/C(=C/C(C)C)C(C)C)cn1. The van der Waals surface area contributed by atoms with E-state index in [9.17, 15) is 4.79 Å². The van der Waals surface area contributed by atoms with Crippen molar-refractivity contribution in [1.29, 1.82) is 0 Å². The van der Waals surface area contributed by atoms with Gasteiger partial charge in [0.2, 0.25) is 5.88 Å². The lowest BCUT2D eigenvalue weighted by Crippen LogP contribution is -2.18. The Labute approximate surface area is 148 Å².